The predicted octanol–water partition coefficient (Wildman–Crippen LogP) is 4.04. The fourth-order valence-corrected chi connectivity index (χ4v) is 3.88. The summed E-state index contributed by atoms with van der Waals surface area (Å²) in [6, 6.07) is 5.69. The maximum Gasteiger partial charge on any atom is 0.237 e. The number of aryl methyl sites for hydroxylation is 1. The molecule has 6 nitrogen and oxygen atoms in total. The highest BCUT2D eigenvalue weighted by molar-refractivity contribution is 8.02. The van der Waals surface area contributed by atoms with E-state index >= 15 is 0 Å². The Morgan fingerprint density at radius 2 is 2.08 bits per heavy atom. The lowest BCUT2D eigenvalue weighted by Gasteiger charge is -2.13. The number of nitrogens with one attached hydrogen (secondary N) is 2. The number of rotatable bonds is 8. The second-order valence-corrected chi connectivity index (χ2v) is 8.67. The number of carbonyl (C=O) groups excluding carboxylic acids is 1. The Hall–Kier alpha value is -1.80. The molecule has 0 fully saturated rings. The van der Waals surface area contributed by atoms with Gasteiger partial charge in [0, 0.05) is 6.54 Å². The molecule has 2 rings (SSSR count). The van der Waals surface area contributed by atoms with Gasteiger partial charge in [0.15, 0.2) is 4.34 Å². The van der Waals surface area contributed by atoms with Crippen LogP contribution in [0.15, 0.2) is 22.5 Å². The number of carbonyl (C=O) groups is 1. The molecule has 0 saturated carbocycles. The average Bonchev–Trinajstić information content (AvgIpc) is 3.00. The number of hydrogen-bond acceptors (Lipinski definition) is 7. The molecule has 0 saturated heterocycles. The van der Waals surface area contributed by atoms with Gasteiger partial charge in [-0.3, -0.25) is 4.79 Å². The summed E-state index contributed by atoms with van der Waals surface area (Å²) in [6.07, 6.45) is 0. The number of anilines is 2. The van der Waals surface area contributed by atoms with Crippen molar-refractivity contribution in [2.45, 2.75) is 37.3 Å². The SMILES string of the molecule is COc1ccc(C)cc1NC(=O)[C@@H](C)Sc1nnc(NCC(C)C)s1. The van der Waals surface area contributed by atoms with E-state index in [1.54, 1.807) is 7.11 Å². The summed E-state index contributed by atoms with van der Waals surface area (Å²) in [5.41, 5.74) is 1.73. The third-order valence-electron chi connectivity index (χ3n) is 3.33. The van der Waals surface area contributed by atoms with Gasteiger partial charge in [-0.25, -0.2) is 0 Å². The molecule has 136 valence electrons. The van der Waals surface area contributed by atoms with Crippen molar-refractivity contribution in [2.75, 3.05) is 24.3 Å². The van der Waals surface area contributed by atoms with Crippen LogP contribution < -0.4 is 15.4 Å². The Bertz CT molecular complexity index is 718. The molecule has 0 bridgehead atoms. The zero-order valence-electron chi connectivity index (χ0n) is 15.1. The highest BCUT2D eigenvalue weighted by atomic mass is 32.2. The zero-order valence-corrected chi connectivity index (χ0v) is 16.8. The maximum atomic E-state index is 12.5. The van der Waals surface area contributed by atoms with Crippen LogP contribution in [0.1, 0.15) is 26.3 Å². The summed E-state index contributed by atoms with van der Waals surface area (Å²) in [7, 11) is 1.59. The van der Waals surface area contributed by atoms with Crippen LogP contribution in [-0.2, 0) is 4.79 Å². The van der Waals surface area contributed by atoms with Crippen molar-refractivity contribution in [1.29, 1.82) is 0 Å². The number of benzene rings is 1. The summed E-state index contributed by atoms with van der Waals surface area (Å²) in [5, 5.41) is 14.9. The molecular weight excluding hydrogens is 356 g/mol. The van der Waals surface area contributed by atoms with E-state index in [1.165, 1.54) is 23.1 Å². The molecular formula is C17H24N4O2S2. The van der Waals surface area contributed by atoms with Crippen LogP contribution in [0.25, 0.3) is 0 Å². The molecule has 1 heterocycles. The summed E-state index contributed by atoms with van der Waals surface area (Å²) in [4.78, 5) is 12.5. The molecule has 0 unspecified atom stereocenters. The molecule has 1 aromatic carbocycles. The molecule has 0 aliphatic heterocycles. The Labute approximate surface area is 156 Å². The van der Waals surface area contributed by atoms with Gasteiger partial charge < -0.3 is 15.4 Å². The topological polar surface area (TPSA) is 76.1 Å². The molecule has 25 heavy (non-hydrogen) atoms. The van der Waals surface area contributed by atoms with Gasteiger partial charge in [0.05, 0.1) is 18.0 Å². The standard InChI is InChI=1S/C17H24N4O2S2/c1-10(2)9-18-16-20-21-17(25-16)24-12(4)15(22)19-13-8-11(3)6-7-14(13)23-5/h6-8,10,12H,9H2,1-5H3,(H,18,20)(H,19,22)/t12-/m1/s1. The minimum Gasteiger partial charge on any atom is -0.495 e. The van der Waals surface area contributed by atoms with Crippen LogP contribution in [-0.4, -0.2) is 35.0 Å². The molecule has 1 atom stereocenters. The number of thioether (sulfide) groups is 1. The minimum atomic E-state index is -0.295. The van der Waals surface area contributed by atoms with Crippen molar-refractivity contribution in [3.05, 3.63) is 23.8 Å². The smallest absolute Gasteiger partial charge is 0.237 e. The lowest BCUT2D eigenvalue weighted by Crippen LogP contribution is -2.22. The van der Waals surface area contributed by atoms with Crippen molar-refractivity contribution >= 4 is 39.8 Å². The molecule has 0 spiro atoms. The summed E-state index contributed by atoms with van der Waals surface area (Å²) in [5.74, 6) is 1.09. The second-order valence-electron chi connectivity index (χ2n) is 6.10. The van der Waals surface area contributed by atoms with Crippen LogP contribution in [0, 0.1) is 12.8 Å². The lowest BCUT2D eigenvalue weighted by atomic mass is 10.2. The van der Waals surface area contributed by atoms with Gasteiger partial charge in [-0.15, -0.1) is 10.2 Å². The van der Waals surface area contributed by atoms with E-state index in [0.717, 1.165) is 21.6 Å². The normalized spacial score (nSPS) is 12.1. The fraction of sp³-hybridized carbons (Fsp3) is 0.471. The van der Waals surface area contributed by atoms with Crippen LogP contribution in [0.3, 0.4) is 0 Å². The van der Waals surface area contributed by atoms with E-state index in [-0.39, 0.29) is 11.2 Å². The Morgan fingerprint density at radius 3 is 2.76 bits per heavy atom. The van der Waals surface area contributed by atoms with Gasteiger partial charge in [0.2, 0.25) is 11.0 Å². The fourth-order valence-electron chi connectivity index (χ4n) is 1.98. The van der Waals surface area contributed by atoms with E-state index in [1.807, 2.05) is 32.0 Å². The van der Waals surface area contributed by atoms with Crippen LogP contribution in [0.4, 0.5) is 10.8 Å². The van der Waals surface area contributed by atoms with Crippen molar-refractivity contribution < 1.29 is 9.53 Å². The first kappa shape index (κ1) is 19.5. The van der Waals surface area contributed by atoms with E-state index in [4.69, 9.17) is 4.74 Å². The summed E-state index contributed by atoms with van der Waals surface area (Å²) in [6.45, 7) is 8.94. The van der Waals surface area contributed by atoms with Gasteiger partial charge in [-0.05, 0) is 37.5 Å². The largest absolute Gasteiger partial charge is 0.495 e. The molecule has 2 N–H and O–H groups in total. The number of amides is 1. The molecule has 8 heteroatoms. The number of methoxy groups -OCH3 is 1. The number of aromatic nitrogens is 2. The third kappa shape index (κ3) is 5.89. The third-order valence-corrected chi connectivity index (χ3v) is 5.39. The van der Waals surface area contributed by atoms with Crippen molar-refractivity contribution in [3.63, 3.8) is 0 Å². The van der Waals surface area contributed by atoms with Gasteiger partial charge in [0.25, 0.3) is 0 Å². The van der Waals surface area contributed by atoms with E-state index in [9.17, 15) is 4.79 Å². The van der Waals surface area contributed by atoms with E-state index < -0.39 is 0 Å². The van der Waals surface area contributed by atoms with Crippen molar-refractivity contribution in [2.24, 2.45) is 5.92 Å². The number of nitrogens with zero attached hydrogens (tertiary/aromatic N) is 2. The van der Waals surface area contributed by atoms with Crippen LogP contribution in [0.5, 0.6) is 5.75 Å². The first-order chi connectivity index (χ1) is 11.9. The molecule has 0 aliphatic rings. The van der Waals surface area contributed by atoms with E-state index in [2.05, 4.69) is 34.7 Å². The highest BCUT2D eigenvalue weighted by Crippen LogP contribution is 2.31. The molecule has 1 aromatic heterocycles. The van der Waals surface area contributed by atoms with Gasteiger partial charge >= 0.3 is 0 Å². The predicted molar refractivity (Wildman–Crippen MR) is 105 cm³/mol. The summed E-state index contributed by atoms with van der Waals surface area (Å²) >= 11 is 2.86. The lowest BCUT2D eigenvalue weighted by molar-refractivity contribution is -0.115. The molecule has 2 aromatic rings. The van der Waals surface area contributed by atoms with E-state index in [0.29, 0.717) is 17.4 Å². The van der Waals surface area contributed by atoms with Gasteiger partial charge in [-0.1, -0.05) is 43.0 Å². The molecule has 1 amide bonds. The van der Waals surface area contributed by atoms with Crippen LogP contribution in [0.2, 0.25) is 0 Å². The van der Waals surface area contributed by atoms with Crippen molar-refractivity contribution in [3.8, 4) is 5.75 Å². The highest BCUT2D eigenvalue weighted by Gasteiger charge is 2.18. The second kappa shape index (κ2) is 9.05. The molecule has 0 aliphatic carbocycles. The minimum absolute atomic E-state index is 0.0965. The first-order valence-electron chi connectivity index (χ1n) is 8.08. The Balaban J connectivity index is 1.95. The number of hydrogen-bond donors (Lipinski definition) is 2. The zero-order chi connectivity index (χ0) is 18.4. The maximum absolute atomic E-state index is 12.5. The van der Waals surface area contributed by atoms with Gasteiger partial charge in [0.1, 0.15) is 5.75 Å². The van der Waals surface area contributed by atoms with Crippen molar-refractivity contribution in [1.82, 2.24) is 10.2 Å². The van der Waals surface area contributed by atoms with Gasteiger partial charge in [-0.2, -0.15) is 0 Å². The Morgan fingerprint density at radius 1 is 1.32 bits per heavy atom. The quantitative estimate of drug-likeness (QED) is 0.673. The average molecular weight is 381 g/mol. The first-order valence-corrected chi connectivity index (χ1v) is 9.78. The monoisotopic (exact) mass is 380 g/mol. The Kier molecular flexibility index (Phi) is 7.07. The van der Waals surface area contributed by atoms with Crippen LogP contribution >= 0.6 is 23.1 Å². The number of ether oxygens (including phenoxy) is 1. The summed E-state index contributed by atoms with van der Waals surface area (Å²) < 4.78 is 6.07. The molecule has 0 radical (unpaired) electrons.